The molecule has 0 nitrogen and oxygen atoms in total. The summed E-state index contributed by atoms with van der Waals surface area (Å²) >= 11 is 0. The van der Waals surface area contributed by atoms with Gasteiger partial charge in [0.05, 0.1) is 0 Å². The topological polar surface area (TPSA) is 0 Å². The summed E-state index contributed by atoms with van der Waals surface area (Å²) in [5.41, 5.74) is 0.361. The van der Waals surface area contributed by atoms with Crippen LogP contribution in [0.3, 0.4) is 0 Å². The van der Waals surface area contributed by atoms with Crippen molar-refractivity contribution in [2.45, 2.75) is 38.8 Å². The van der Waals surface area contributed by atoms with Gasteiger partial charge >= 0.3 is 6.18 Å². The summed E-state index contributed by atoms with van der Waals surface area (Å²) in [5, 5.41) is 0. The molecule has 0 aromatic heterocycles. The summed E-state index contributed by atoms with van der Waals surface area (Å²) in [7, 11) is 0. The fourth-order valence-electron chi connectivity index (χ4n) is 1.35. The van der Waals surface area contributed by atoms with Crippen molar-refractivity contribution in [2.75, 3.05) is 0 Å². The Hall–Kier alpha value is -0.470. The molecule has 0 fully saturated rings. The normalized spacial score (nSPS) is 18.5. The van der Waals surface area contributed by atoms with Crippen LogP contribution in [0.2, 0.25) is 0 Å². The number of halogens is 3. The van der Waals surface area contributed by atoms with E-state index in [9.17, 15) is 13.2 Å². The third-order valence-electron chi connectivity index (χ3n) is 2.00. The molecule has 64 valence electrons. The predicted octanol–water partition coefficient (Wildman–Crippen LogP) is 3.44. The van der Waals surface area contributed by atoms with Gasteiger partial charge in [0.25, 0.3) is 0 Å². The van der Waals surface area contributed by atoms with E-state index in [1.54, 1.807) is 0 Å². The SMILES string of the molecule is CCCC1=C(C(F)(F)F)CC1. The Morgan fingerprint density at radius 1 is 1.27 bits per heavy atom. The minimum atomic E-state index is -4.05. The largest absolute Gasteiger partial charge is 0.412 e. The van der Waals surface area contributed by atoms with Crippen LogP contribution in [0.1, 0.15) is 32.6 Å². The van der Waals surface area contributed by atoms with Gasteiger partial charge < -0.3 is 0 Å². The van der Waals surface area contributed by atoms with Crippen molar-refractivity contribution in [3.63, 3.8) is 0 Å². The second kappa shape index (κ2) is 2.88. The van der Waals surface area contributed by atoms with E-state index < -0.39 is 6.18 Å². The van der Waals surface area contributed by atoms with E-state index in [1.165, 1.54) is 0 Å². The van der Waals surface area contributed by atoms with Crippen LogP contribution in [0.25, 0.3) is 0 Å². The first-order chi connectivity index (χ1) is 5.05. The summed E-state index contributed by atoms with van der Waals surface area (Å²) in [6.45, 7) is 1.90. The minimum Gasteiger partial charge on any atom is -0.166 e. The van der Waals surface area contributed by atoms with Crippen LogP contribution in [0.15, 0.2) is 11.1 Å². The van der Waals surface area contributed by atoms with Crippen LogP contribution >= 0.6 is 0 Å². The Morgan fingerprint density at radius 3 is 2.18 bits per heavy atom. The maximum atomic E-state index is 12.0. The van der Waals surface area contributed by atoms with Crippen LogP contribution in [-0.4, -0.2) is 6.18 Å². The molecule has 0 atom stereocenters. The van der Waals surface area contributed by atoms with Crippen molar-refractivity contribution in [2.24, 2.45) is 0 Å². The van der Waals surface area contributed by atoms with Gasteiger partial charge in [0.2, 0.25) is 0 Å². The third kappa shape index (κ3) is 1.76. The second-order valence-electron chi connectivity index (χ2n) is 2.83. The molecule has 0 bridgehead atoms. The van der Waals surface area contributed by atoms with E-state index in [0.717, 1.165) is 6.42 Å². The van der Waals surface area contributed by atoms with Crippen LogP contribution < -0.4 is 0 Å². The molecule has 0 saturated heterocycles. The zero-order valence-corrected chi connectivity index (χ0v) is 6.46. The fourth-order valence-corrected chi connectivity index (χ4v) is 1.35. The Morgan fingerprint density at radius 2 is 1.91 bits per heavy atom. The van der Waals surface area contributed by atoms with E-state index in [0.29, 0.717) is 18.4 Å². The van der Waals surface area contributed by atoms with E-state index in [2.05, 4.69) is 0 Å². The molecule has 0 unspecified atom stereocenters. The molecule has 1 aliphatic carbocycles. The monoisotopic (exact) mass is 164 g/mol. The molecule has 0 heterocycles. The van der Waals surface area contributed by atoms with Gasteiger partial charge in [-0.05, 0) is 19.3 Å². The average Bonchev–Trinajstić information content (AvgIpc) is 1.75. The standard InChI is InChI=1S/C8H11F3/c1-2-3-6-4-5-7(6)8(9,10)11/h2-5H2,1H3. The van der Waals surface area contributed by atoms with Gasteiger partial charge in [0, 0.05) is 5.57 Å². The third-order valence-corrected chi connectivity index (χ3v) is 2.00. The quantitative estimate of drug-likeness (QED) is 0.548. The molecular formula is C8H11F3. The second-order valence-corrected chi connectivity index (χ2v) is 2.83. The molecule has 0 amide bonds. The Kier molecular flexibility index (Phi) is 2.25. The molecule has 1 rings (SSSR count). The first-order valence-corrected chi connectivity index (χ1v) is 3.83. The molecule has 0 saturated carbocycles. The highest BCUT2D eigenvalue weighted by Gasteiger charge is 2.39. The molecule has 11 heavy (non-hydrogen) atoms. The first kappa shape index (κ1) is 8.62. The lowest BCUT2D eigenvalue weighted by molar-refractivity contribution is -0.0984. The van der Waals surface area contributed by atoms with Crippen molar-refractivity contribution in [3.8, 4) is 0 Å². The molecule has 0 radical (unpaired) electrons. The molecule has 3 heteroatoms. The number of hydrogen-bond acceptors (Lipinski definition) is 0. The van der Waals surface area contributed by atoms with Crippen LogP contribution in [0.4, 0.5) is 13.2 Å². The maximum Gasteiger partial charge on any atom is 0.412 e. The Balaban J connectivity index is 2.65. The lowest BCUT2D eigenvalue weighted by Crippen LogP contribution is -2.20. The highest BCUT2D eigenvalue weighted by molar-refractivity contribution is 5.28. The highest BCUT2D eigenvalue weighted by Crippen LogP contribution is 2.42. The molecule has 0 spiro atoms. The predicted molar refractivity (Wildman–Crippen MR) is 37.2 cm³/mol. The zero-order chi connectivity index (χ0) is 8.48. The van der Waals surface area contributed by atoms with Gasteiger partial charge in [-0.15, -0.1) is 0 Å². The molecular weight excluding hydrogens is 153 g/mol. The first-order valence-electron chi connectivity index (χ1n) is 3.83. The molecule has 0 aromatic carbocycles. The van der Waals surface area contributed by atoms with Crippen molar-refractivity contribution < 1.29 is 13.2 Å². The van der Waals surface area contributed by atoms with Gasteiger partial charge in [0.1, 0.15) is 0 Å². The molecule has 1 aliphatic rings. The molecule has 0 aliphatic heterocycles. The Bertz CT molecular complexity index is 176. The zero-order valence-electron chi connectivity index (χ0n) is 6.46. The average molecular weight is 164 g/mol. The van der Waals surface area contributed by atoms with E-state index >= 15 is 0 Å². The van der Waals surface area contributed by atoms with Gasteiger partial charge in [-0.25, -0.2) is 0 Å². The Labute approximate surface area is 64.1 Å². The number of rotatable bonds is 2. The van der Waals surface area contributed by atoms with Gasteiger partial charge in [0.15, 0.2) is 0 Å². The smallest absolute Gasteiger partial charge is 0.166 e. The van der Waals surface area contributed by atoms with Gasteiger partial charge in [-0.3, -0.25) is 0 Å². The van der Waals surface area contributed by atoms with Crippen LogP contribution in [0.5, 0.6) is 0 Å². The fraction of sp³-hybridized carbons (Fsp3) is 0.750. The van der Waals surface area contributed by atoms with Crippen molar-refractivity contribution in [1.29, 1.82) is 0 Å². The molecule has 0 aromatic rings. The lowest BCUT2D eigenvalue weighted by atomic mass is 9.85. The summed E-state index contributed by atoms with van der Waals surface area (Å²) in [5.74, 6) is 0. The van der Waals surface area contributed by atoms with E-state index in [1.807, 2.05) is 6.92 Å². The van der Waals surface area contributed by atoms with Crippen LogP contribution in [0, 0.1) is 0 Å². The lowest BCUT2D eigenvalue weighted by Gasteiger charge is -2.25. The number of hydrogen-bond donors (Lipinski definition) is 0. The maximum absolute atomic E-state index is 12.0. The number of allylic oxidation sites excluding steroid dienone is 2. The summed E-state index contributed by atoms with van der Waals surface area (Å²) in [4.78, 5) is 0. The summed E-state index contributed by atoms with van der Waals surface area (Å²) in [6, 6.07) is 0. The minimum absolute atomic E-state index is 0.235. The highest BCUT2D eigenvalue weighted by atomic mass is 19.4. The van der Waals surface area contributed by atoms with Crippen molar-refractivity contribution >= 4 is 0 Å². The van der Waals surface area contributed by atoms with E-state index in [-0.39, 0.29) is 12.0 Å². The van der Waals surface area contributed by atoms with Gasteiger partial charge in [-0.1, -0.05) is 18.9 Å². The summed E-state index contributed by atoms with van der Waals surface area (Å²) in [6.07, 6.45) is -1.73. The van der Waals surface area contributed by atoms with E-state index in [4.69, 9.17) is 0 Å². The number of alkyl halides is 3. The molecule has 0 N–H and O–H groups in total. The van der Waals surface area contributed by atoms with Gasteiger partial charge in [-0.2, -0.15) is 13.2 Å². The van der Waals surface area contributed by atoms with Crippen molar-refractivity contribution in [3.05, 3.63) is 11.1 Å². The van der Waals surface area contributed by atoms with Crippen molar-refractivity contribution in [1.82, 2.24) is 0 Å². The van der Waals surface area contributed by atoms with Crippen LogP contribution in [-0.2, 0) is 0 Å². The summed E-state index contributed by atoms with van der Waals surface area (Å²) < 4.78 is 36.0.